The van der Waals surface area contributed by atoms with Gasteiger partial charge in [0, 0.05) is 26.0 Å². The fourth-order valence-corrected chi connectivity index (χ4v) is 2.60. The lowest BCUT2D eigenvalue weighted by Gasteiger charge is -2.14. The molecule has 134 valence electrons. The molecule has 0 unspecified atom stereocenters. The van der Waals surface area contributed by atoms with E-state index in [0.717, 1.165) is 15.8 Å². The molecule has 3 rings (SSSR count). The van der Waals surface area contributed by atoms with Crippen LogP contribution in [0.2, 0.25) is 0 Å². The monoisotopic (exact) mass is 359 g/mol. The number of nitrogens with zero attached hydrogens (tertiary/aromatic N) is 4. The van der Waals surface area contributed by atoms with Gasteiger partial charge in [-0.25, -0.2) is 4.79 Å². The molecule has 0 bridgehead atoms. The Morgan fingerprint density at radius 1 is 1.07 bits per heavy atom. The summed E-state index contributed by atoms with van der Waals surface area (Å²) in [6.45, 7) is 0. The molecule has 3 aromatic rings. The highest BCUT2D eigenvalue weighted by Gasteiger charge is 2.15. The van der Waals surface area contributed by atoms with Crippen molar-refractivity contribution >= 4 is 23.7 Å². The van der Waals surface area contributed by atoms with Gasteiger partial charge in [0.2, 0.25) is 0 Å². The molecule has 27 heavy (non-hydrogen) atoms. The molecule has 1 aromatic carbocycles. The molecule has 1 N–H and O–H groups in total. The van der Waals surface area contributed by atoms with Crippen LogP contribution >= 0.6 is 0 Å². The van der Waals surface area contributed by atoms with Crippen LogP contribution in [0.25, 0.3) is 12.2 Å². The van der Waals surface area contributed by atoms with Gasteiger partial charge in [-0.05, 0) is 35.9 Å². The van der Waals surface area contributed by atoms with Crippen LogP contribution in [0.5, 0.6) is 0 Å². The number of nitrogens with one attached hydrogen (secondary N) is 1. The van der Waals surface area contributed by atoms with Crippen molar-refractivity contribution < 1.29 is 0 Å². The Hall–Kier alpha value is -3.92. The Bertz CT molecular complexity index is 1170. The van der Waals surface area contributed by atoms with Crippen LogP contribution in [0.15, 0.2) is 58.3 Å². The highest BCUT2D eigenvalue weighted by molar-refractivity contribution is 5.71. The Balaban J connectivity index is 1.96. The second-order valence-electron chi connectivity index (χ2n) is 5.88. The normalized spacial score (nSPS) is 10.7. The van der Waals surface area contributed by atoms with Gasteiger partial charge < -0.3 is 5.32 Å². The third kappa shape index (κ3) is 3.70. The summed E-state index contributed by atoms with van der Waals surface area (Å²) in [5.74, 6) is 0.163. The number of pyridine rings is 1. The standard InChI is InChI=1S/C20H17N5O2/c1-24-18(17(13-21)19(26)25(2)20(24)27)23-16-8-5-6-14(12-16)9-10-15-7-3-4-11-22-15/h3-12,23H,1-2H3/b10-9+. The Kier molecular flexibility index (Phi) is 4.99. The van der Waals surface area contributed by atoms with Crippen molar-refractivity contribution in [3.63, 3.8) is 0 Å². The second-order valence-corrected chi connectivity index (χ2v) is 5.88. The quantitative estimate of drug-likeness (QED) is 0.771. The van der Waals surface area contributed by atoms with Crippen LogP contribution in [0, 0.1) is 11.3 Å². The summed E-state index contributed by atoms with van der Waals surface area (Å²) < 4.78 is 2.16. The summed E-state index contributed by atoms with van der Waals surface area (Å²) in [4.78, 5) is 28.6. The molecule has 0 fully saturated rings. The van der Waals surface area contributed by atoms with Gasteiger partial charge in [0.1, 0.15) is 11.9 Å². The molecule has 0 spiro atoms. The number of nitriles is 1. The SMILES string of the molecule is Cn1c(Nc2cccc(/C=C/c3ccccn3)c2)c(C#N)c(=O)n(C)c1=O. The molecule has 0 saturated heterocycles. The maximum atomic E-state index is 12.2. The van der Waals surface area contributed by atoms with Gasteiger partial charge in [0.15, 0.2) is 5.56 Å². The van der Waals surface area contributed by atoms with Gasteiger partial charge in [-0.1, -0.05) is 24.3 Å². The maximum absolute atomic E-state index is 12.2. The van der Waals surface area contributed by atoms with E-state index in [1.54, 1.807) is 12.3 Å². The predicted molar refractivity (Wildman–Crippen MR) is 105 cm³/mol. The molecule has 0 aliphatic rings. The molecular formula is C20H17N5O2. The fourth-order valence-electron chi connectivity index (χ4n) is 2.60. The summed E-state index contributed by atoms with van der Waals surface area (Å²) >= 11 is 0. The molecule has 0 atom stereocenters. The zero-order valence-corrected chi connectivity index (χ0v) is 14.9. The summed E-state index contributed by atoms with van der Waals surface area (Å²) in [5.41, 5.74) is 1.13. The van der Waals surface area contributed by atoms with Gasteiger partial charge >= 0.3 is 5.69 Å². The minimum absolute atomic E-state index is 0.117. The van der Waals surface area contributed by atoms with E-state index in [4.69, 9.17) is 0 Å². The van der Waals surface area contributed by atoms with Crippen molar-refractivity contribution in [3.8, 4) is 6.07 Å². The molecule has 2 heterocycles. The molecular weight excluding hydrogens is 342 g/mol. The van der Waals surface area contributed by atoms with Crippen molar-refractivity contribution in [1.82, 2.24) is 14.1 Å². The number of hydrogen-bond acceptors (Lipinski definition) is 5. The van der Waals surface area contributed by atoms with Crippen LogP contribution in [0.4, 0.5) is 11.5 Å². The highest BCUT2D eigenvalue weighted by Crippen LogP contribution is 2.19. The highest BCUT2D eigenvalue weighted by atomic mass is 16.2. The van der Waals surface area contributed by atoms with E-state index < -0.39 is 11.2 Å². The molecule has 0 aliphatic heterocycles. The van der Waals surface area contributed by atoms with Crippen molar-refractivity contribution in [2.75, 3.05) is 5.32 Å². The molecule has 2 aromatic heterocycles. The Morgan fingerprint density at radius 2 is 1.89 bits per heavy atom. The van der Waals surface area contributed by atoms with Gasteiger partial charge in [-0.2, -0.15) is 5.26 Å². The number of rotatable bonds is 4. The first-order chi connectivity index (χ1) is 13.0. The number of hydrogen-bond donors (Lipinski definition) is 1. The summed E-state index contributed by atoms with van der Waals surface area (Å²) in [6, 6.07) is 14.9. The molecule has 0 radical (unpaired) electrons. The average molecular weight is 359 g/mol. The van der Waals surface area contributed by atoms with Crippen molar-refractivity contribution in [2.24, 2.45) is 14.1 Å². The molecule has 7 heteroatoms. The lowest BCUT2D eigenvalue weighted by molar-refractivity contribution is 0.689. The Morgan fingerprint density at radius 3 is 2.59 bits per heavy atom. The van der Waals surface area contributed by atoms with E-state index >= 15 is 0 Å². The van der Waals surface area contributed by atoms with Crippen LogP contribution in [0.1, 0.15) is 16.8 Å². The first-order valence-corrected chi connectivity index (χ1v) is 8.17. The average Bonchev–Trinajstić information content (AvgIpc) is 2.70. The summed E-state index contributed by atoms with van der Waals surface area (Å²) in [5, 5.41) is 12.4. The van der Waals surface area contributed by atoms with E-state index in [0.29, 0.717) is 5.69 Å². The van der Waals surface area contributed by atoms with E-state index in [2.05, 4.69) is 10.3 Å². The lowest BCUT2D eigenvalue weighted by Crippen LogP contribution is -2.39. The van der Waals surface area contributed by atoms with Crippen LogP contribution < -0.4 is 16.6 Å². The third-order valence-corrected chi connectivity index (χ3v) is 4.06. The Labute approximate surface area is 155 Å². The van der Waals surface area contributed by atoms with Crippen LogP contribution in [-0.4, -0.2) is 14.1 Å². The smallest absolute Gasteiger partial charge is 0.332 e. The first-order valence-electron chi connectivity index (χ1n) is 8.17. The fraction of sp³-hybridized carbons (Fsp3) is 0.100. The minimum atomic E-state index is -0.630. The van der Waals surface area contributed by atoms with E-state index in [-0.39, 0.29) is 11.4 Å². The van der Waals surface area contributed by atoms with Crippen molar-refractivity contribution in [2.45, 2.75) is 0 Å². The summed E-state index contributed by atoms with van der Waals surface area (Å²) in [7, 11) is 2.86. The predicted octanol–water partition coefficient (Wildman–Crippen LogP) is 2.26. The van der Waals surface area contributed by atoms with Gasteiger partial charge in [-0.3, -0.25) is 18.9 Å². The zero-order valence-electron chi connectivity index (χ0n) is 14.9. The van der Waals surface area contributed by atoms with Crippen LogP contribution in [-0.2, 0) is 14.1 Å². The summed E-state index contributed by atoms with van der Waals surface area (Å²) in [6.07, 6.45) is 5.51. The van der Waals surface area contributed by atoms with Gasteiger partial charge in [-0.15, -0.1) is 0 Å². The molecule has 0 aliphatic carbocycles. The minimum Gasteiger partial charge on any atom is -0.340 e. The molecule has 0 amide bonds. The number of aromatic nitrogens is 3. The third-order valence-electron chi connectivity index (χ3n) is 4.06. The number of benzene rings is 1. The molecule has 7 nitrogen and oxygen atoms in total. The topological polar surface area (TPSA) is 92.7 Å². The largest absolute Gasteiger partial charge is 0.340 e. The van der Waals surface area contributed by atoms with E-state index in [1.165, 1.54) is 18.7 Å². The number of anilines is 2. The zero-order chi connectivity index (χ0) is 19.4. The first kappa shape index (κ1) is 17.9. The second kappa shape index (κ2) is 7.54. The van der Waals surface area contributed by atoms with Crippen LogP contribution in [0.3, 0.4) is 0 Å². The van der Waals surface area contributed by atoms with Crippen molar-refractivity contribution in [3.05, 3.63) is 86.3 Å². The van der Waals surface area contributed by atoms with Crippen molar-refractivity contribution in [1.29, 1.82) is 5.26 Å². The van der Waals surface area contributed by atoms with Gasteiger partial charge in [0.25, 0.3) is 5.56 Å². The maximum Gasteiger partial charge on any atom is 0.332 e. The van der Waals surface area contributed by atoms with Gasteiger partial charge in [0.05, 0.1) is 5.69 Å². The lowest BCUT2D eigenvalue weighted by atomic mass is 10.1. The van der Waals surface area contributed by atoms with E-state index in [1.807, 2.05) is 54.6 Å². The van der Waals surface area contributed by atoms with E-state index in [9.17, 15) is 14.9 Å². The molecule has 0 saturated carbocycles.